The Balaban J connectivity index is 1.16. The number of aliphatic hydroxyl groups excluding tert-OH is 3. The highest BCUT2D eigenvalue weighted by molar-refractivity contribution is 9.10. The number of rotatable bonds is 20. The zero-order chi connectivity index (χ0) is 49.5. The highest BCUT2D eigenvalue weighted by Gasteiger charge is 2.46. The number of carbonyl (C=O) groups excluding carboxylic acids is 1. The van der Waals surface area contributed by atoms with Gasteiger partial charge in [-0.2, -0.15) is 22.1 Å². The van der Waals surface area contributed by atoms with Gasteiger partial charge in [0, 0.05) is 36.1 Å². The molecule has 0 radical (unpaired) electrons. The minimum absolute atomic E-state index is 0.00550. The number of benzene rings is 3. The Hall–Kier alpha value is -5.66. The van der Waals surface area contributed by atoms with Gasteiger partial charge in [-0.25, -0.2) is 9.07 Å². The number of nitriles is 1. The number of nitrogens with one attached hydrogen (secondary N) is 1. The molecule has 0 spiro atoms. The topological polar surface area (TPSA) is 306 Å². The first-order valence-corrected chi connectivity index (χ1v) is 24.3. The summed E-state index contributed by atoms with van der Waals surface area (Å²) in [6, 6.07) is 18.4. The molecule has 5 aromatic rings. The Bertz CT molecular complexity index is 2850. The summed E-state index contributed by atoms with van der Waals surface area (Å²) in [4.78, 5) is 18.3. The van der Waals surface area contributed by atoms with Crippen LogP contribution in [-0.2, 0) is 56.1 Å². The predicted molar refractivity (Wildman–Crippen MR) is 242 cm³/mol. The van der Waals surface area contributed by atoms with Crippen LogP contribution in [0.2, 0.25) is 0 Å². The summed E-state index contributed by atoms with van der Waals surface area (Å²) in [5.41, 5.74) is 6.12. The summed E-state index contributed by atoms with van der Waals surface area (Å²) in [6.45, 7) is 1.87. The fourth-order valence-corrected chi connectivity index (χ4v) is 9.54. The maximum atomic E-state index is 14.9. The van der Waals surface area contributed by atoms with Crippen LogP contribution in [0, 0.1) is 25.2 Å². The SMILES string of the molecule is Cc1c(COc2cc(OCc3cncc(C#N)c3)c(CN(C)CC(=O)NCC(S(=O)(=O)O)S(=O)(=O)O)cc2Br)cccc1-c1cccc(OCc2cn([C@@H]3O[C@H](CO)[C@@H](O)[C@H](O)[C@H]3F)nn2)c1C. The molecule has 3 heterocycles. The van der Waals surface area contributed by atoms with Crippen LogP contribution in [0.1, 0.15) is 45.3 Å². The molecule has 25 heteroatoms. The predicted octanol–water partition coefficient (Wildman–Crippen LogP) is 2.93. The highest BCUT2D eigenvalue weighted by atomic mass is 79.9. The molecule has 21 nitrogen and oxygen atoms in total. The number of aliphatic hydroxyl groups is 3. The summed E-state index contributed by atoms with van der Waals surface area (Å²) in [7, 11) is -8.96. The van der Waals surface area contributed by atoms with Crippen molar-refractivity contribution in [3.05, 3.63) is 117 Å². The number of halogens is 2. The van der Waals surface area contributed by atoms with Crippen molar-refractivity contribution in [2.24, 2.45) is 0 Å². The van der Waals surface area contributed by atoms with Gasteiger partial charge in [0.05, 0.1) is 35.9 Å². The zero-order valence-electron chi connectivity index (χ0n) is 36.5. The van der Waals surface area contributed by atoms with Gasteiger partial charge in [0.25, 0.3) is 20.2 Å². The summed E-state index contributed by atoms with van der Waals surface area (Å²) < 4.78 is 102. The summed E-state index contributed by atoms with van der Waals surface area (Å²) in [6.07, 6.45) is -3.76. The van der Waals surface area contributed by atoms with E-state index in [1.165, 1.54) is 23.5 Å². The van der Waals surface area contributed by atoms with Crippen molar-refractivity contribution in [1.82, 2.24) is 30.2 Å². The Morgan fingerprint density at radius 3 is 2.31 bits per heavy atom. The fourth-order valence-electron chi connectivity index (χ4n) is 7.22. The van der Waals surface area contributed by atoms with Crippen molar-refractivity contribution in [1.29, 1.82) is 5.26 Å². The monoisotopic (exact) mass is 1050 g/mol. The zero-order valence-corrected chi connectivity index (χ0v) is 39.7. The average molecular weight is 1050 g/mol. The van der Waals surface area contributed by atoms with E-state index < -0.39 is 74.6 Å². The summed E-state index contributed by atoms with van der Waals surface area (Å²) in [5.74, 6) is 0.447. The molecule has 5 atom stereocenters. The number of amides is 1. The van der Waals surface area contributed by atoms with Gasteiger partial charge in [0.2, 0.25) is 10.5 Å². The molecule has 0 aliphatic carbocycles. The van der Waals surface area contributed by atoms with Gasteiger partial charge in [-0.1, -0.05) is 35.5 Å². The van der Waals surface area contributed by atoms with Crippen LogP contribution in [0.15, 0.2) is 77.7 Å². The third-order valence-electron chi connectivity index (χ3n) is 10.8. The van der Waals surface area contributed by atoms with Gasteiger partial charge in [-0.15, -0.1) is 5.10 Å². The average Bonchev–Trinajstić information content (AvgIpc) is 3.75. The van der Waals surface area contributed by atoms with Gasteiger partial charge in [0.15, 0.2) is 12.4 Å². The number of carbonyl (C=O) groups is 1. The number of aromatic nitrogens is 4. The van der Waals surface area contributed by atoms with Crippen LogP contribution < -0.4 is 19.5 Å². The van der Waals surface area contributed by atoms with Crippen molar-refractivity contribution in [2.75, 3.05) is 26.7 Å². The maximum absolute atomic E-state index is 14.9. The van der Waals surface area contributed by atoms with Crippen LogP contribution in [-0.4, -0.2) is 128 Å². The van der Waals surface area contributed by atoms with Gasteiger partial charge in [-0.3, -0.25) is 23.8 Å². The molecular weight excluding hydrogens is 1000 g/mol. The van der Waals surface area contributed by atoms with E-state index in [9.17, 15) is 55.7 Å². The molecule has 6 N–H and O–H groups in total. The van der Waals surface area contributed by atoms with E-state index >= 15 is 0 Å². The van der Waals surface area contributed by atoms with Gasteiger partial charge < -0.3 is 39.6 Å². The number of ether oxygens (including phenoxy) is 4. The molecule has 1 aliphatic rings. The molecule has 0 saturated carbocycles. The van der Waals surface area contributed by atoms with E-state index in [1.807, 2.05) is 50.2 Å². The number of likely N-dealkylation sites (N-methyl/N-ethyl adjacent to an activating group) is 1. The number of hydrogen-bond acceptors (Lipinski definition) is 17. The van der Waals surface area contributed by atoms with Crippen LogP contribution in [0.5, 0.6) is 17.2 Å². The lowest BCUT2D eigenvalue weighted by Gasteiger charge is -2.38. The minimum Gasteiger partial charge on any atom is -0.488 e. The van der Waals surface area contributed by atoms with Crippen LogP contribution in [0.25, 0.3) is 11.1 Å². The second kappa shape index (κ2) is 22.2. The Morgan fingerprint density at radius 2 is 1.62 bits per heavy atom. The lowest BCUT2D eigenvalue weighted by molar-refractivity contribution is -0.237. The smallest absolute Gasteiger partial charge is 0.286 e. The molecule has 68 heavy (non-hydrogen) atoms. The van der Waals surface area contributed by atoms with E-state index in [-0.39, 0.29) is 32.9 Å². The van der Waals surface area contributed by atoms with Crippen molar-refractivity contribution >= 4 is 42.1 Å². The molecular formula is C43H47BrFN7O14S2. The van der Waals surface area contributed by atoms with Crippen LogP contribution in [0.3, 0.4) is 0 Å². The van der Waals surface area contributed by atoms with Gasteiger partial charge in [0.1, 0.15) is 67.1 Å². The molecule has 6 rings (SSSR count). The first-order chi connectivity index (χ1) is 32.2. The molecule has 2 aromatic heterocycles. The van der Waals surface area contributed by atoms with E-state index in [1.54, 1.807) is 31.3 Å². The van der Waals surface area contributed by atoms with Crippen molar-refractivity contribution in [3.63, 3.8) is 0 Å². The largest absolute Gasteiger partial charge is 0.488 e. The summed E-state index contributed by atoms with van der Waals surface area (Å²) in [5, 5.41) is 49.1. The number of pyridine rings is 1. The molecule has 0 unspecified atom stereocenters. The van der Waals surface area contributed by atoms with Gasteiger partial charge in [-0.05, 0) is 82.8 Å². The number of alkyl halides is 1. The minimum atomic E-state index is -5.26. The number of nitrogens with zero attached hydrogens (tertiary/aromatic N) is 6. The van der Waals surface area contributed by atoms with E-state index in [0.717, 1.165) is 32.5 Å². The molecule has 1 saturated heterocycles. The first kappa shape index (κ1) is 51.7. The Labute approximate surface area is 398 Å². The third kappa shape index (κ3) is 12.7. The molecule has 3 aromatic carbocycles. The maximum Gasteiger partial charge on any atom is 0.286 e. The molecule has 364 valence electrons. The molecule has 1 aliphatic heterocycles. The van der Waals surface area contributed by atoms with Crippen molar-refractivity contribution in [3.8, 4) is 34.4 Å². The second-order valence-corrected chi connectivity index (χ2v) is 20.1. The third-order valence-corrected chi connectivity index (χ3v) is 14.6. The molecule has 1 amide bonds. The Kier molecular flexibility index (Phi) is 16.9. The van der Waals surface area contributed by atoms with Crippen LogP contribution in [0.4, 0.5) is 4.39 Å². The standard InChI is InChI=1S/C43H47BrFN7O14S2/c1-24-28(6-4-7-31(24)32-8-5-9-34(25(32)2)65-23-30-18-52(50-49-30)43-40(45)42(56)41(55)37(20-53)66-43)22-64-36-12-35(63-21-27-10-26(13-46)14-47-15-27)29(11-33(36)44)17-51(3)19-38(54)48-16-39(67(57,58)59)68(60,61)62/h4-12,14-15,18,37,39-43,53,55-56H,16-17,19-23H2,1-3H3,(H,48,54)(H,57,58,59)(H,60,61,62)/t37-,40-,41-,42-,43-/m1/s1. The van der Waals surface area contributed by atoms with Crippen LogP contribution >= 0.6 is 15.9 Å². The van der Waals surface area contributed by atoms with Gasteiger partial charge >= 0.3 is 0 Å². The van der Waals surface area contributed by atoms with Crippen molar-refractivity contribution in [2.45, 2.75) is 75.5 Å². The molecule has 1 fully saturated rings. The van der Waals surface area contributed by atoms with E-state index in [4.69, 9.17) is 18.9 Å². The van der Waals surface area contributed by atoms with E-state index in [2.05, 4.69) is 36.5 Å². The normalized spacial score (nSPS) is 18.6. The highest BCUT2D eigenvalue weighted by Crippen LogP contribution is 2.37. The lowest BCUT2D eigenvalue weighted by atomic mass is 9.93. The second-order valence-electron chi connectivity index (χ2n) is 15.8. The lowest BCUT2D eigenvalue weighted by Crippen LogP contribution is -2.55. The van der Waals surface area contributed by atoms with E-state index in [0.29, 0.717) is 44.1 Å². The Morgan fingerprint density at radius 1 is 0.941 bits per heavy atom. The molecule has 0 bridgehead atoms. The van der Waals surface area contributed by atoms with Crippen molar-refractivity contribution < 1.29 is 69.4 Å². The number of hydrogen-bond donors (Lipinski definition) is 6. The fraction of sp³-hybridized carbons (Fsp3) is 0.372. The summed E-state index contributed by atoms with van der Waals surface area (Å²) >= 11 is 3.58. The first-order valence-electron chi connectivity index (χ1n) is 20.5. The quantitative estimate of drug-likeness (QED) is 0.0611.